The molecule has 0 saturated heterocycles. The smallest absolute Gasteiger partial charge is 0.416 e. The molecule has 4 rings (SSSR count). The van der Waals surface area contributed by atoms with Crippen LogP contribution in [0.2, 0.25) is 0 Å². The van der Waals surface area contributed by atoms with Crippen LogP contribution in [0.25, 0.3) is 17.3 Å². The van der Waals surface area contributed by atoms with Crippen LogP contribution in [0.5, 0.6) is 0 Å². The number of amides is 1. The van der Waals surface area contributed by atoms with E-state index in [4.69, 9.17) is 8.83 Å². The lowest BCUT2D eigenvalue weighted by molar-refractivity contribution is -0.137. The fourth-order valence-corrected chi connectivity index (χ4v) is 3.80. The molecule has 3 heterocycles. The second-order valence-corrected chi connectivity index (χ2v) is 8.31. The molecule has 0 saturated carbocycles. The number of halogens is 3. The van der Waals surface area contributed by atoms with Crippen LogP contribution in [-0.2, 0) is 11.9 Å². The normalized spacial score (nSPS) is 12.6. The van der Waals surface area contributed by atoms with Crippen molar-refractivity contribution in [2.45, 2.75) is 43.4 Å². The first-order valence-corrected chi connectivity index (χ1v) is 11.3. The van der Waals surface area contributed by atoms with Crippen LogP contribution in [0.4, 0.5) is 13.2 Å². The molecule has 1 unspecified atom stereocenters. The van der Waals surface area contributed by atoms with E-state index >= 15 is 0 Å². The summed E-state index contributed by atoms with van der Waals surface area (Å²) in [7, 11) is 0. The summed E-state index contributed by atoms with van der Waals surface area (Å²) in [6, 6.07) is 8.12. The van der Waals surface area contributed by atoms with Gasteiger partial charge in [-0.05, 0) is 43.7 Å². The van der Waals surface area contributed by atoms with Crippen LogP contribution in [0.15, 0.2) is 62.9 Å². The molecule has 1 amide bonds. The SMILES string of the molecule is CCC(C)NC(=O)c1coc(CSc2nnc(-c3ccco3)n2-c2cccc(C(F)(F)F)c2)n1. The van der Waals surface area contributed by atoms with Gasteiger partial charge in [-0.25, -0.2) is 4.98 Å². The van der Waals surface area contributed by atoms with E-state index in [0.717, 1.165) is 30.3 Å². The average molecular weight is 491 g/mol. The number of rotatable bonds is 8. The molecule has 3 aromatic heterocycles. The van der Waals surface area contributed by atoms with E-state index in [1.807, 2.05) is 13.8 Å². The summed E-state index contributed by atoms with van der Waals surface area (Å²) >= 11 is 1.15. The molecule has 8 nitrogen and oxygen atoms in total. The highest BCUT2D eigenvalue weighted by atomic mass is 32.2. The molecule has 4 aromatic rings. The van der Waals surface area contributed by atoms with Crippen molar-refractivity contribution in [1.29, 1.82) is 0 Å². The lowest BCUT2D eigenvalue weighted by Gasteiger charge is -2.12. The Morgan fingerprint density at radius 2 is 2.03 bits per heavy atom. The number of thioether (sulfide) groups is 1. The second kappa shape index (κ2) is 9.75. The lowest BCUT2D eigenvalue weighted by Crippen LogP contribution is -2.32. The van der Waals surface area contributed by atoms with Gasteiger partial charge in [-0.15, -0.1) is 10.2 Å². The second-order valence-electron chi connectivity index (χ2n) is 7.36. The Balaban J connectivity index is 1.61. The monoisotopic (exact) mass is 491 g/mol. The Kier molecular flexibility index (Phi) is 6.77. The summed E-state index contributed by atoms with van der Waals surface area (Å²) in [6.07, 6.45) is -1.03. The summed E-state index contributed by atoms with van der Waals surface area (Å²) < 4.78 is 52.2. The van der Waals surface area contributed by atoms with Crippen molar-refractivity contribution in [3.05, 3.63) is 66.1 Å². The number of hydrogen-bond donors (Lipinski definition) is 1. The highest BCUT2D eigenvalue weighted by Crippen LogP contribution is 2.34. The zero-order chi connectivity index (χ0) is 24.3. The molecule has 1 aromatic carbocycles. The summed E-state index contributed by atoms with van der Waals surface area (Å²) in [6.45, 7) is 3.83. The van der Waals surface area contributed by atoms with Crippen LogP contribution < -0.4 is 5.32 Å². The predicted molar refractivity (Wildman–Crippen MR) is 117 cm³/mol. The summed E-state index contributed by atoms with van der Waals surface area (Å²) in [5, 5.41) is 11.4. The van der Waals surface area contributed by atoms with Gasteiger partial charge in [-0.2, -0.15) is 13.2 Å². The first-order valence-electron chi connectivity index (χ1n) is 10.3. The fourth-order valence-electron chi connectivity index (χ4n) is 2.99. The number of nitrogens with one attached hydrogen (secondary N) is 1. The predicted octanol–water partition coefficient (Wildman–Crippen LogP) is 5.35. The average Bonchev–Trinajstić information content (AvgIpc) is 3.57. The minimum Gasteiger partial charge on any atom is -0.461 e. The maximum atomic E-state index is 13.3. The van der Waals surface area contributed by atoms with Crippen LogP contribution in [0.1, 0.15) is 42.2 Å². The molecule has 1 atom stereocenters. The standard InChI is InChI=1S/C22H20F3N5O3S/c1-3-13(2)26-20(31)16-11-33-18(27-16)12-34-21-29-28-19(17-8-5-9-32-17)30(21)15-7-4-6-14(10-15)22(23,24)25/h4-11,13H,3,12H2,1-2H3,(H,26,31). The number of carbonyl (C=O) groups excluding carboxylic acids is 1. The van der Waals surface area contributed by atoms with Gasteiger partial charge in [0, 0.05) is 6.04 Å². The van der Waals surface area contributed by atoms with Crippen LogP contribution in [0, 0.1) is 0 Å². The van der Waals surface area contributed by atoms with Crippen molar-refractivity contribution in [2.75, 3.05) is 0 Å². The number of aromatic nitrogens is 4. The first-order chi connectivity index (χ1) is 16.3. The van der Waals surface area contributed by atoms with Gasteiger partial charge in [0.05, 0.1) is 23.3 Å². The third kappa shape index (κ3) is 5.16. The Bertz CT molecular complexity index is 1270. The summed E-state index contributed by atoms with van der Waals surface area (Å²) in [5.74, 6) is 0.676. The summed E-state index contributed by atoms with van der Waals surface area (Å²) in [5.41, 5.74) is -0.439. The molecule has 178 valence electrons. The van der Waals surface area contributed by atoms with E-state index in [2.05, 4.69) is 20.5 Å². The number of hydrogen-bond acceptors (Lipinski definition) is 7. The van der Waals surface area contributed by atoms with Crippen molar-refractivity contribution in [1.82, 2.24) is 25.1 Å². The Labute approximate surface area is 196 Å². The van der Waals surface area contributed by atoms with Crippen molar-refractivity contribution >= 4 is 17.7 Å². The molecule has 0 aliphatic rings. The van der Waals surface area contributed by atoms with E-state index in [9.17, 15) is 18.0 Å². The Morgan fingerprint density at radius 1 is 1.21 bits per heavy atom. The maximum Gasteiger partial charge on any atom is 0.416 e. The van der Waals surface area contributed by atoms with Crippen LogP contribution in [-0.4, -0.2) is 31.7 Å². The molecular formula is C22H20F3N5O3S. The van der Waals surface area contributed by atoms with E-state index in [-0.39, 0.29) is 40.8 Å². The minimum atomic E-state index is -4.51. The van der Waals surface area contributed by atoms with Gasteiger partial charge in [0.2, 0.25) is 11.7 Å². The van der Waals surface area contributed by atoms with Gasteiger partial charge >= 0.3 is 6.18 Å². The van der Waals surface area contributed by atoms with Gasteiger partial charge in [0.15, 0.2) is 16.6 Å². The highest BCUT2D eigenvalue weighted by Gasteiger charge is 2.31. The van der Waals surface area contributed by atoms with Crippen LogP contribution in [0.3, 0.4) is 0 Å². The molecule has 0 bridgehead atoms. The molecule has 34 heavy (non-hydrogen) atoms. The molecule has 0 aliphatic heterocycles. The molecular weight excluding hydrogens is 471 g/mol. The molecule has 12 heteroatoms. The number of furan rings is 1. The van der Waals surface area contributed by atoms with Crippen LogP contribution >= 0.6 is 11.8 Å². The van der Waals surface area contributed by atoms with E-state index in [0.29, 0.717) is 10.9 Å². The molecule has 1 N–H and O–H groups in total. The van der Waals surface area contributed by atoms with Gasteiger partial charge < -0.3 is 14.2 Å². The summed E-state index contributed by atoms with van der Waals surface area (Å²) in [4.78, 5) is 16.4. The maximum absolute atomic E-state index is 13.3. The van der Waals surface area contributed by atoms with E-state index in [1.54, 1.807) is 12.1 Å². The largest absolute Gasteiger partial charge is 0.461 e. The van der Waals surface area contributed by atoms with E-state index in [1.165, 1.54) is 29.2 Å². The lowest BCUT2D eigenvalue weighted by atomic mass is 10.2. The van der Waals surface area contributed by atoms with Crippen molar-refractivity contribution in [2.24, 2.45) is 0 Å². The first kappa shape index (κ1) is 23.6. The van der Waals surface area contributed by atoms with Gasteiger partial charge in [0.25, 0.3) is 5.91 Å². The Hall–Kier alpha value is -3.54. The number of alkyl halides is 3. The molecule has 0 spiro atoms. The highest BCUT2D eigenvalue weighted by molar-refractivity contribution is 7.98. The fraction of sp³-hybridized carbons (Fsp3) is 0.273. The topological polar surface area (TPSA) is 99.0 Å². The number of nitrogens with zero attached hydrogens (tertiary/aromatic N) is 4. The molecule has 0 radical (unpaired) electrons. The van der Waals surface area contributed by atoms with Crippen molar-refractivity contribution in [3.8, 4) is 17.3 Å². The minimum absolute atomic E-state index is 0.00643. The number of benzene rings is 1. The van der Waals surface area contributed by atoms with E-state index < -0.39 is 11.7 Å². The zero-order valence-electron chi connectivity index (χ0n) is 18.2. The Morgan fingerprint density at radius 3 is 2.74 bits per heavy atom. The van der Waals surface area contributed by atoms with Crippen molar-refractivity contribution in [3.63, 3.8) is 0 Å². The third-order valence-corrected chi connectivity index (χ3v) is 5.82. The van der Waals surface area contributed by atoms with Gasteiger partial charge in [0.1, 0.15) is 6.26 Å². The zero-order valence-corrected chi connectivity index (χ0v) is 19.0. The van der Waals surface area contributed by atoms with Crippen molar-refractivity contribution < 1.29 is 26.8 Å². The number of carbonyl (C=O) groups is 1. The quantitative estimate of drug-likeness (QED) is 0.332. The third-order valence-electron chi connectivity index (χ3n) is 4.91. The number of oxazole rings is 1. The molecule has 0 aliphatic carbocycles. The van der Waals surface area contributed by atoms with Gasteiger partial charge in [-0.1, -0.05) is 24.8 Å². The molecule has 0 fully saturated rings. The van der Waals surface area contributed by atoms with Gasteiger partial charge in [-0.3, -0.25) is 9.36 Å².